The third-order valence-electron chi connectivity index (χ3n) is 3.59. The Bertz CT molecular complexity index is 820. The maximum atomic E-state index is 12.4. The molecule has 1 N–H and O–H groups in total. The van der Waals surface area contributed by atoms with E-state index in [4.69, 9.17) is 4.74 Å². The number of amides is 2. The number of nitrogens with one attached hydrogen (secondary N) is 1. The fourth-order valence-corrected chi connectivity index (χ4v) is 2.92. The van der Waals surface area contributed by atoms with E-state index in [1.165, 1.54) is 0 Å². The third kappa shape index (κ3) is 3.19. The van der Waals surface area contributed by atoms with Crippen molar-refractivity contribution in [3.63, 3.8) is 0 Å². The van der Waals surface area contributed by atoms with E-state index in [0.717, 1.165) is 0 Å². The van der Waals surface area contributed by atoms with Crippen molar-refractivity contribution in [2.45, 2.75) is 0 Å². The molecule has 0 aliphatic carbocycles. The molecule has 122 valence electrons. The molecule has 5 nitrogen and oxygen atoms in total. The standard InChI is InChI=1S/C18H15BrN2O3/c1-2-9-21-15-10-12(7-8-16(15)24-11-17(21)22)20-18(23)13-5-3-4-6-14(13)19/h2-8,10H,1,9,11H2,(H,20,23). The van der Waals surface area contributed by atoms with Crippen molar-refractivity contribution < 1.29 is 14.3 Å². The van der Waals surface area contributed by atoms with Crippen molar-refractivity contribution in [2.75, 3.05) is 23.4 Å². The van der Waals surface area contributed by atoms with Gasteiger partial charge in [0, 0.05) is 16.7 Å². The van der Waals surface area contributed by atoms with Crippen LogP contribution >= 0.6 is 15.9 Å². The van der Waals surface area contributed by atoms with Crippen LogP contribution in [-0.2, 0) is 4.79 Å². The lowest BCUT2D eigenvalue weighted by atomic mass is 10.1. The van der Waals surface area contributed by atoms with Crippen molar-refractivity contribution in [3.05, 3.63) is 65.2 Å². The number of hydrogen-bond acceptors (Lipinski definition) is 3. The van der Waals surface area contributed by atoms with Gasteiger partial charge in [-0.05, 0) is 46.3 Å². The summed E-state index contributed by atoms with van der Waals surface area (Å²) < 4.78 is 6.15. The molecule has 0 aromatic heterocycles. The van der Waals surface area contributed by atoms with Crippen LogP contribution in [-0.4, -0.2) is 25.0 Å². The highest BCUT2D eigenvalue weighted by Crippen LogP contribution is 2.34. The van der Waals surface area contributed by atoms with E-state index in [9.17, 15) is 9.59 Å². The van der Waals surface area contributed by atoms with Gasteiger partial charge in [0.1, 0.15) is 5.75 Å². The summed E-state index contributed by atoms with van der Waals surface area (Å²) in [5, 5.41) is 2.84. The van der Waals surface area contributed by atoms with Crippen LogP contribution in [0.5, 0.6) is 5.75 Å². The second kappa shape index (κ2) is 6.88. The topological polar surface area (TPSA) is 58.6 Å². The minimum Gasteiger partial charge on any atom is -0.482 e. The predicted octanol–water partition coefficient (Wildman–Crippen LogP) is 3.61. The number of carbonyl (C=O) groups is 2. The summed E-state index contributed by atoms with van der Waals surface area (Å²) in [5.41, 5.74) is 1.74. The fourth-order valence-electron chi connectivity index (χ4n) is 2.45. The Morgan fingerprint density at radius 2 is 2.12 bits per heavy atom. The summed E-state index contributed by atoms with van der Waals surface area (Å²) in [6.07, 6.45) is 1.65. The number of ether oxygens (including phenoxy) is 1. The van der Waals surface area contributed by atoms with Gasteiger partial charge in [-0.3, -0.25) is 9.59 Å². The van der Waals surface area contributed by atoms with E-state index in [1.54, 1.807) is 47.4 Å². The number of anilines is 2. The molecule has 3 rings (SSSR count). The van der Waals surface area contributed by atoms with Crippen molar-refractivity contribution in [1.29, 1.82) is 0 Å². The molecule has 0 unspecified atom stereocenters. The Labute approximate surface area is 148 Å². The Kier molecular flexibility index (Phi) is 4.66. The molecule has 0 atom stereocenters. The molecule has 1 aliphatic heterocycles. The smallest absolute Gasteiger partial charge is 0.265 e. The van der Waals surface area contributed by atoms with Crippen LogP contribution < -0.4 is 15.0 Å². The first-order valence-corrected chi connectivity index (χ1v) is 8.13. The summed E-state index contributed by atoms with van der Waals surface area (Å²) in [7, 11) is 0. The molecule has 2 amide bonds. The molecule has 1 aliphatic rings. The van der Waals surface area contributed by atoms with Crippen LogP contribution in [0.3, 0.4) is 0 Å². The van der Waals surface area contributed by atoms with E-state index >= 15 is 0 Å². The monoisotopic (exact) mass is 386 g/mol. The molecule has 0 radical (unpaired) electrons. The maximum Gasteiger partial charge on any atom is 0.265 e. The third-order valence-corrected chi connectivity index (χ3v) is 4.28. The number of rotatable bonds is 4. The SMILES string of the molecule is C=CCN1C(=O)COc2ccc(NC(=O)c3ccccc3Br)cc21. The molecular formula is C18H15BrN2O3. The lowest BCUT2D eigenvalue weighted by molar-refractivity contribution is -0.121. The lowest BCUT2D eigenvalue weighted by Crippen LogP contribution is -2.38. The number of benzene rings is 2. The molecule has 0 saturated heterocycles. The second-order valence-electron chi connectivity index (χ2n) is 5.20. The van der Waals surface area contributed by atoms with Gasteiger partial charge in [0.05, 0.1) is 11.3 Å². The van der Waals surface area contributed by atoms with E-state index in [1.807, 2.05) is 6.07 Å². The highest BCUT2D eigenvalue weighted by molar-refractivity contribution is 9.10. The van der Waals surface area contributed by atoms with Gasteiger partial charge in [-0.2, -0.15) is 0 Å². The zero-order valence-electron chi connectivity index (χ0n) is 12.8. The number of carbonyl (C=O) groups excluding carboxylic acids is 2. The van der Waals surface area contributed by atoms with Gasteiger partial charge in [-0.15, -0.1) is 6.58 Å². The predicted molar refractivity (Wildman–Crippen MR) is 96.6 cm³/mol. The normalized spacial score (nSPS) is 13.0. The maximum absolute atomic E-state index is 12.4. The zero-order chi connectivity index (χ0) is 17.1. The number of nitrogens with zero attached hydrogens (tertiary/aromatic N) is 1. The van der Waals surface area contributed by atoms with E-state index in [-0.39, 0.29) is 18.4 Å². The van der Waals surface area contributed by atoms with Crippen molar-refractivity contribution in [1.82, 2.24) is 0 Å². The molecule has 0 fully saturated rings. The van der Waals surface area contributed by atoms with Crippen molar-refractivity contribution >= 4 is 39.1 Å². The van der Waals surface area contributed by atoms with Gasteiger partial charge in [0.2, 0.25) is 0 Å². The summed E-state index contributed by atoms with van der Waals surface area (Å²) in [4.78, 5) is 26.0. The van der Waals surface area contributed by atoms with Crippen LogP contribution in [0.25, 0.3) is 0 Å². The first kappa shape index (κ1) is 16.3. The summed E-state index contributed by atoms with van der Waals surface area (Å²) in [6, 6.07) is 12.4. The number of halogens is 1. The first-order valence-electron chi connectivity index (χ1n) is 7.34. The van der Waals surface area contributed by atoms with Gasteiger partial charge >= 0.3 is 0 Å². The Balaban J connectivity index is 1.88. The molecule has 2 aromatic rings. The number of hydrogen-bond donors (Lipinski definition) is 1. The number of fused-ring (bicyclic) bond motifs is 1. The average molecular weight is 387 g/mol. The molecular weight excluding hydrogens is 372 g/mol. The van der Waals surface area contributed by atoms with Crippen LogP contribution in [0.1, 0.15) is 10.4 Å². The quantitative estimate of drug-likeness (QED) is 0.816. The van der Waals surface area contributed by atoms with Gasteiger partial charge in [-0.25, -0.2) is 0 Å². The van der Waals surface area contributed by atoms with Crippen molar-refractivity contribution in [3.8, 4) is 5.75 Å². The molecule has 24 heavy (non-hydrogen) atoms. The summed E-state index contributed by atoms with van der Waals surface area (Å²) in [5.74, 6) is 0.229. The largest absolute Gasteiger partial charge is 0.482 e. The van der Waals surface area contributed by atoms with Crippen LogP contribution in [0.2, 0.25) is 0 Å². The first-order chi connectivity index (χ1) is 11.6. The van der Waals surface area contributed by atoms with Crippen LogP contribution in [0, 0.1) is 0 Å². The lowest BCUT2D eigenvalue weighted by Gasteiger charge is -2.28. The van der Waals surface area contributed by atoms with Crippen LogP contribution in [0.4, 0.5) is 11.4 Å². The molecule has 0 saturated carbocycles. The minimum absolute atomic E-state index is 0.00348. The fraction of sp³-hybridized carbons (Fsp3) is 0.111. The second-order valence-corrected chi connectivity index (χ2v) is 6.05. The van der Waals surface area contributed by atoms with E-state index in [0.29, 0.717) is 33.7 Å². The van der Waals surface area contributed by atoms with E-state index < -0.39 is 0 Å². The molecule has 0 bridgehead atoms. The van der Waals surface area contributed by atoms with Crippen LogP contribution in [0.15, 0.2) is 59.6 Å². The molecule has 6 heteroatoms. The average Bonchev–Trinajstić information content (AvgIpc) is 2.58. The molecule has 1 heterocycles. The molecule has 2 aromatic carbocycles. The highest BCUT2D eigenvalue weighted by Gasteiger charge is 2.25. The zero-order valence-corrected chi connectivity index (χ0v) is 14.4. The Morgan fingerprint density at radius 1 is 1.33 bits per heavy atom. The van der Waals surface area contributed by atoms with Gasteiger partial charge < -0.3 is 15.0 Å². The van der Waals surface area contributed by atoms with Gasteiger partial charge in [0.15, 0.2) is 6.61 Å². The van der Waals surface area contributed by atoms with Gasteiger partial charge in [-0.1, -0.05) is 18.2 Å². The van der Waals surface area contributed by atoms with Gasteiger partial charge in [0.25, 0.3) is 11.8 Å². The minimum atomic E-state index is -0.235. The Hall–Kier alpha value is -2.60. The van der Waals surface area contributed by atoms with E-state index in [2.05, 4.69) is 27.8 Å². The van der Waals surface area contributed by atoms with Crippen molar-refractivity contribution in [2.24, 2.45) is 0 Å². The Morgan fingerprint density at radius 3 is 2.88 bits per heavy atom. The summed E-state index contributed by atoms with van der Waals surface area (Å²) in [6.45, 7) is 4.06. The molecule has 0 spiro atoms. The summed E-state index contributed by atoms with van der Waals surface area (Å²) >= 11 is 3.36. The highest BCUT2D eigenvalue weighted by atomic mass is 79.9.